The van der Waals surface area contributed by atoms with Crippen LogP contribution in [0, 0.1) is 0 Å². The van der Waals surface area contributed by atoms with Crippen molar-refractivity contribution in [2.75, 3.05) is 13.1 Å². The van der Waals surface area contributed by atoms with Crippen LogP contribution in [0.3, 0.4) is 0 Å². The lowest BCUT2D eigenvalue weighted by molar-refractivity contribution is 0.0685. The van der Waals surface area contributed by atoms with Gasteiger partial charge in [0, 0.05) is 19.1 Å². The van der Waals surface area contributed by atoms with Gasteiger partial charge in [0.25, 0.3) is 5.91 Å². The van der Waals surface area contributed by atoms with Gasteiger partial charge in [-0.1, -0.05) is 36.4 Å². The fourth-order valence-corrected chi connectivity index (χ4v) is 5.45. The van der Waals surface area contributed by atoms with Gasteiger partial charge in [-0.3, -0.25) is 9.36 Å². The molecule has 1 saturated heterocycles. The second-order valence-electron chi connectivity index (χ2n) is 8.48. The number of nitrogens with one attached hydrogen (secondary N) is 1. The number of piperidine rings is 1. The molecule has 5 aromatic rings. The molecule has 2 aromatic carbocycles. The second-order valence-corrected chi connectivity index (χ2v) is 9.43. The van der Waals surface area contributed by atoms with Crippen molar-refractivity contribution in [2.45, 2.75) is 18.9 Å². The molecule has 7 nitrogen and oxygen atoms in total. The molecule has 3 aromatic heterocycles. The highest BCUT2D eigenvalue weighted by molar-refractivity contribution is 7.13. The Morgan fingerprint density at radius 1 is 0.971 bits per heavy atom. The van der Waals surface area contributed by atoms with Crippen LogP contribution >= 0.6 is 11.3 Å². The predicted octanol–water partition coefficient (Wildman–Crippen LogP) is 4.72. The average molecular weight is 470 g/mol. The number of carbonyl (C=O) groups is 1. The first-order valence-electron chi connectivity index (χ1n) is 11.4. The van der Waals surface area contributed by atoms with Crippen LogP contribution in [0.5, 0.6) is 0 Å². The normalized spacial score (nSPS) is 14.6. The van der Waals surface area contributed by atoms with Gasteiger partial charge in [0.15, 0.2) is 0 Å². The van der Waals surface area contributed by atoms with E-state index in [-0.39, 0.29) is 17.6 Å². The van der Waals surface area contributed by atoms with Crippen LogP contribution in [0.15, 0.2) is 83.0 Å². The fourth-order valence-electron chi connectivity index (χ4n) is 4.77. The van der Waals surface area contributed by atoms with Crippen molar-refractivity contribution in [2.24, 2.45) is 0 Å². The number of benzene rings is 2. The highest BCUT2D eigenvalue weighted by atomic mass is 32.1. The standard InChI is InChI=1S/C26H23N5O2S/c32-25(23-17-21(24-11-6-16-34-24)28-31(23)19-7-2-1-3-8-19)29-14-12-18(13-15-29)30-22-10-5-4-9-20(22)27-26(30)33/h1-11,16-18H,12-15H2,(H,27,33). The summed E-state index contributed by atoms with van der Waals surface area (Å²) in [5.74, 6) is -0.0381. The number of aromatic nitrogens is 4. The number of hydrogen-bond acceptors (Lipinski definition) is 4. The van der Waals surface area contributed by atoms with Gasteiger partial charge in [-0.05, 0) is 54.6 Å². The second kappa shape index (κ2) is 8.46. The third kappa shape index (κ3) is 3.56. The lowest BCUT2D eigenvalue weighted by Crippen LogP contribution is -2.41. The Morgan fingerprint density at radius 3 is 2.50 bits per heavy atom. The lowest BCUT2D eigenvalue weighted by Gasteiger charge is -2.32. The molecule has 0 aliphatic carbocycles. The van der Waals surface area contributed by atoms with E-state index in [1.54, 1.807) is 16.0 Å². The first-order chi connectivity index (χ1) is 16.7. The molecule has 170 valence electrons. The summed E-state index contributed by atoms with van der Waals surface area (Å²) in [6, 6.07) is 23.5. The monoisotopic (exact) mass is 469 g/mol. The predicted molar refractivity (Wildman–Crippen MR) is 134 cm³/mol. The Labute approximate surface area is 199 Å². The molecule has 1 amide bonds. The van der Waals surface area contributed by atoms with Crippen LogP contribution in [0.4, 0.5) is 0 Å². The molecule has 6 rings (SSSR count). The smallest absolute Gasteiger partial charge is 0.326 e. The van der Waals surface area contributed by atoms with Gasteiger partial charge in [0.2, 0.25) is 0 Å². The third-order valence-corrected chi connectivity index (χ3v) is 7.34. The SMILES string of the molecule is O=C(c1cc(-c2cccs2)nn1-c1ccccc1)N1CCC(n2c(=O)[nH]c3ccccc32)CC1. The van der Waals surface area contributed by atoms with Gasteiger partial charge in [-0.2, -0.15) is 5.10 Å². The number of rotatable bonds is 4. The van der Waals surface area contributed by atoms with Gasteiger partial charge in [0.1, 0.15) is 11.4 Å². The Kier molecular flexibility index (Phi) is 5.15. The zero-order chi connectivity index (χ0) is 23.1. The summed E-state index contributed by atoms with van der Waals surface area (Å²) in [7, 11) is 0. The minimum atomic E-state index is -0.0891. The van der Waals surface area contributed by atoms with E-state index in [4.69, 9.17) is 5.10 Å². The van der Waals surface area contributed by atoms with Crippen LogP contribution < -0.4 is 5.69 Å². The number of para-hydroxylation sites is 3. The Morgan fingerprint density at radius 2 is 1.74 bits per heavy atom. The largest absolute Gasteiger partial charge is 0.337 e. The molecular weight excluding hydrogens is 446 g/mol. The molecule has 0 spiro atoms. The Hall–Kier alpha value is -3.91. The van der Waals surface area contributed by atoms with Crippen molar-refractivity contribution in [3.8, 4) is 16.3 Å². The molecule has 34 heavy (non-hydrogen) atoms. The molecule has 1 aliphatic heterocycles. The van der Waals surface area contributed by atoms with Crippen molar-refractivity contribution < 1.29 is 4.79 Å². The first kappa shape index (κ1) is 20.7. The Balaban J connectivity index is 1.28. The molecule has 0 saturated carbocycles. The van der Waals surface area contributed by atoms with Crippen LogP contribution in [0.25, 0.3) is 27.3 Å². The number of carbonyl (C=O) groups excluding carboxylic acids is 1. The molecule has 1 fully saturated rings. The summed E-state index contributed by atoms with van der Waals surface area (Å²) < 4.78 is 3.59. The van der Waals surface area contributed by atoms with Gasteiger partial charge in [-0.15, -0.1) is 11.3 Å². The fraction of sp³-hybridized carbons (Fsp3) is 0.192. The van der Waals surface area contributed by atoms with Gasteiger partial charge >= 0.3 is 5.69 Å². The van der Waals surface area contributed by atoms with Crippen molar-refractivity contribution in [1.82, 2.24) is 24.2 Å². The molecule has 8 heteroatoms. The van der Waals surface area contributed by atoms with E-state index in [0.717, 1.165) is 40.1 Å². The molecule has 0 bridgehead atoms. The minimum Gasteiger partial charge on any atom is -0.337 e. The summed E-state index contributed by atoms with van der Waals surface area (Å²) in [6.07, 6.45) is 1.45. The number of aromatic amines is 1. The minimum absolute atomic E-state index is 0.0381. The maximum absolute atomic E-state index is 13.6. The summed E-state index contributed by atoms with van der Waals surface area (Å²) in [5.41, 5.74) is 3.88. The topological polar surface area (TPSA) is 75.9 Å². The van der Waals surface area contributed by atoms with E-state index >= 15 is 0 Å². The van der Waals surface area contributed by atoms with Crippen LogP contribution in [-0.2, 0) is 0 Å². The Bertz CT molecular complexity index is 1510. The van der Waals surface area contributed by atoms with Crippen molar-refractivity contribution in [3.05, 3.63) is 94.4 Å². The summed E-state index contributed by atoms with van der Waals surface area (Å²) >= 11 is 1.61. The third-order valence-electron chi connectivity index (χ3n) is 6.44. The number of nitrogens with zero attached hydrogens (tertiary/aromatic N) is 4. The average Bonchev–Trinajstić information content (AvgIpc) is 3.62. The van der Waals surface area contributed by atoms with E-state index in [1.807, 2.05) is 87.6 Å². The quantitative estimate of drug-likeness (QED) is 0.414. The van der Waals surface area contributed by atoms with E-state index in [1.165, 1.54) is 0 Å². The highest BCUT2D eigenvalue weighted by Crippen LogP contribution is 2.29. The maximum atomic E-state index is 13.6. The molecule has 0 unspecified atom stereocenters. The number of likely N-dealkylation sites (tertiary alicyclic amines) is 1. The van der Waals surface area contributed by atoms with Crippen LogP contribution in [-0.4, -0.2) is 43.2 Å². The van der Waals surface area contributed by atoms with Crippen molar-refractivity contribution in [1.29, 1.82) is 0 Å². The molecule has 4 heterocycles. The van der Waals surface area contributed by atoms with Gasteiger partial charge in [-0.25, -0.2) is 9.48 Å². The highest BCUT2D eigenvalue weighted by Gasteiger charge is 2.29. The first-order valence-corrected chi connectivity index (χ1v) is 12.2. The van der Waals surface area contributed by atoms with E-state index in [9.17, 15) is 9.59 Å². The number of amides is 1. The number of thiophene rings is 1. The maximum Gasteiger partial charge on any atom is 0.326 e. The van der Waals surface area contributed by atoms with Gasteiger partial charge in [0.05, 0.1) is 21.6 Å². The van der Waals surface area contributed by atoms with Crippen LogP contribution in [0.1, 0.15) is 29.4 Å². The van der Waals surface area contributed by atoms with Gasteiger partial charge < -0.3 is 9.88 Å². The summed E-state index contributed by atoms with van der Waals surface area (Å²) in [5, 5.41) is 6.78. The van der Waals surface area contributed by atoms with Crippen molar-refractivity contribution in [3.63, 3.8) is 0 Å². The molecule has 0 radical (unpaired) electrons. The van der Waals surface area contributed by atoms with E-state index in [2.05, 4.69) is 4.98 Å². The molecular formula is C26H23N5O2S. The zero-order valence-corrected chi connectivity index (χ0v) is 19.2. The number of H-pyrrole nitrogens is 1. The summed E-state index contributed by atoms with van der Waals surface area (Å²) in [4.78, 5) is 32.1. The zero-order valence-electron chi connectivity index (χ0n) is 18.4. The van der Waals surface area contributed by atoms with E-state index < -0.39 is 0 Å². The van der Waals surface area contributed by atoms with Crippen LogP contribution in [0.2, 0.25) is 0 Å². The van der Waals surface area contributed by atoms with Crippen molar-refractivity contribution >= 4 is 28.3 Å². The summed E-state index contributed by atoms with van der Waals surface area (Å²) in [6.45, 7) is 1.17. The van der Waals surface area contributed by atoms with E-state index in [0.29, 0.717) is 18.8 Å². The lowest BCUT2D eigenvalue weighted by atomic mass is 10.0. The molecule has 0 atom stereocenters. The molecule has 1 N–H and O–H groups in total. The number of imidazole rings is 1. The molecule has 1 aliphatic rings. The number of hydrogen-bond donors (Lipinski definition) is 1. The number of fused-ring (bicyclic) bond motifs is 1.